The number of aryl methyl sites for hydroxylation is 1. The SMILES string of the molecule is COC1=C(OCc2ccccc2OC)C=C2CCN3Cc4[nH]c5c(c4CC3C2C1)C=CCC5. The van der Waals surface area contributed by atoms with Gasteiger partial charge in [0.15, 0.2) is 5.76 Å². The van der Waals surface area contributed by atoms with Crippen molar-refractivity contribution >= 4 is 6.08 Å². The smallest absolute Gasteiger partial charge is 0.157 e. The van der Waals surface area contributed by atoms with Gasteiger partial charge in [0.05, 0.1) is 14.2 Å². The van der Waals surface area contributed by atoms with Gasteiger partial charge in [-0.2, -0.15) is 0 Å². The van der Waals surface area contributed by atoms with Crippen LogP contribution in [-0.4, -0.2) is 36.7 Å². The maximum absolute atomic E-state index is 6.29. The molecule has 0 radical (unpaired) electrons. The Bertz CT molecular complexity index is 1160. The molecule has 0 bridgehead atoms. The molecule has 2 aromatic rings. The van der Waals surface area contributed by atoms with Gasteiger partial charge in [0, 0.05) is 48.4 Å². The molecular weight excluding hydrogens is 412 g/mol. The second-order valence-electron chi connectivity index (χ2n) is 9.53. The molecule has 6 rings (SSSR count). The summed E-state index contributed by atoms with van der Waals surface area (Å²) in [6.07, 6.45) is 12.3. The van der Waals surface area contributed by atoms with E-state index in [1.807, 2.05) is 18.2 Å². The molecule has 0 spiro atoms. The molecule has 33 heavy (non-hydrogen) atoms. The van der Waals surface area contributed by atoms with E-state index in [-0.39, 0.29) is 0 Å². The first-order valence-corrected chi connectivity index (χ1v) is 12.1. The highest BCUT2D eigenvalue weighted by Gasteiger charge is 2.41. The first kappa shape index (κ1) is 20.7. The number of aromatic amines is 1. The van der Waals surface area contributed by atoms with Crippen LogP contribution >= 0.6 is 0 Å². The molecule has 3 heterocycles. The monoisotopic (exact) mass is 444 g/mol. The predicted octanol–water partition coefficient (Wildman–Crippen LogP) is 5.13. The van der Waals surface area contributed by atoms with E-state index in [0.29, 0.717) is 18.6 Å². The molecule has 2 atom stereocenters. The second-order valence-corrected chi connectivity index (χ2v) is 9.53. The summed E-state index contributed by atoms with van der Waals surface area (Å²) in [5.41, 5.74) is 8.44. The lowest BCUT2D eigenvalue weighted by Gasteiger charge is -2.46. The van der Waals surface area contributed by atoms with Crippen molar-refractivity contribution in [2.24, 2.45) is 5.92 Å². The number of aromatic nitrogens is 1. The first-order valence-electron chi connectivity index (χ1n) is 12.1. The molecular formula is C28H32N2O3. The highest BCUT2D eigenvalue weighted by atomic mass is 16.5. The van der Waals surface area contributed by atoms with Crippen LogP contribution in [0.3, 0.4) is 0 Å². The first-order chi connectivity index (χ1) is 16.2. The third-order valence-electron chi connectivity index (χ3n) is 7.85. The number of nitrogens with zero attached hydrogens (tertiary/aromatic N) is 1. The van der Waals surface area contributed by atoms with Gasteiger partial charge in [0.25, 0.3) is 0 Å². The minimum Gasteiger partial charge on any atom is -0.497 e. The van der Waals surface area contributed by atoms with E-state index < -0.39 is 0 Å². The summed E-state index contributed by atoms with van der Waals surface area (Å²) in [7, 11) is 3.47. The van der Waals surface area contributed by atoms with Crippen molar-refractivity contribution in [2.45, 2.75) is 51.3 Å². The number of piperidine rings is 1. The normalized spacial score (nSPS) is 23.8. The molecule has 5 heteroatoms. The standard InChI is InChI=1S/C28H32N2O3/c1-31-26-10-6-3-7-19(26)17-33-28-13-18-11-12-30-16-24-22(20-8-4-5-9-23(20)29-24)14-25(30)21(18)15-27(28)32-2/h3-4,6-8,10,13,21,25,29H,5,9,11-12,14-17H2,1-2H3. The van der Waals surface area contributed by atoms with Crippen molar-refractivity contribution in [3.63, 3.8) is 0 Å². The number of allylic oxidation sites excluding steroid dienone is 3. The fraction of sp³-hybridized carbons (Fsp3) is 0.429. The van der Waals surface area contributed by atoms with E-state index >= 15 is 0 Å². The zero-order valence-corrected chi connectivity index (χ0v) is 19.5. The second kappa shape index (κ2) is 8.45. The molecule has 2 aliphatic carbocycles. The molecule has 2 unspecified atom stereocenters. The zero-order valence-electron chi connectivity index (χ0n) is 19.5. The summed E-state index contributed by atoms with van der Waals surface area (Å²) in [6.45, 7) is 2.61. The van der Waals surface area contributed by atoms with Gasteiger partial charge in [-0.3, -0.25) is 4.90 Å². The van der Waals surface area contributed by atoms with Gasteiger partial charge in [-0.05, 0) is 49.0 Å². The van der Waals surface area contributed by atoms with Gasteiger partial charge in [-0.1, -0.05) is 35.9 Å². The summed E-state index contributed by atoms with van der Waals surface area (Å²) in [5.74, 6) is 3.18. The van der Waals surface area contributed by atoms with Crippen molar-refractivity contribution in [2.75, 3.05) is 20.8 Å². The molecule has 172 valence electrons. The fourth-order valence-electron chi connectivity index (χ4n) is 6.15. The number of nitrogens with one attached hydrogen (secondary N) is 1. The van der Waals surface area contributed by atoms with Gasteiger partial charge in [-0.25, -0.2) is 0 Å². The van der Waals surface area contributed by atoms with Gasteiger partial charge in [0.1, 0.15) is 18.1 Å². The Kier molecular flexibility index (Phi) is 5.30. The number of benzene rings is 1. The summed E-state index contributed by atoms with van der Waals surface area (Å²) in [4.78, 5) is 6.44. The summed E-state index contributed by atoms with van der Waals surface area (Å²) >= 11 is 0. The summed E-state index contributed by atoms with van der Waals surface area (Å²) in [6, 6.07) is 8.55. The summed E-state index contributed by atoms with van der Waals surface area (Å²) < 4.78 is 17.6. The van der Waals surface area contributed by atoms with Crippen LogP contribution in [0.25, 0.3) is 6.08 Å². The molecule has 1 fully saturated rings. The molecule has 0 amide bonds. The Balaban J connectivity index is 1.24. The molecule has 5 nitrogen and oxygen atoms in total. The molecule has 0 saturated carbocycles. The van der Waals surface area contributed by atoms with E-state index in [1.54, 1.807) is 19.8 Å². The molecule has 1 saturated heterocycles. The maximum Gasteiger partial charge on any atom is 0.157 e. The van der Waals surface area contributed by atoms with Crippen molar-refractivity contribution < 1.29 is 14.2 Å². The summed E-state index contributed by atoms with van der Waals surface area (Å²) in [5, 5.41) is 0. The quantitative estimate of drug-likeness (QED) is 0.694. The number of hydrogen-bond donors (Lipinski definition) is 1. The largest absolute Gasteiger partial charge is 0.497 e. The van der Waals surface area contributed by atoms with Gasteiger partial charge >= 0.3 is 0 Å². The maximum atomic E-state index is 6.29. The van der Waals surface area contributed by atoms with Crippen LogP contribution in [0.4, 0.5) is 0 Å². The Morgan fingerprint density at radius 2 is 1.97 bits per heavy atom. The number of para-hydroxylation sites is 1. The van der Waals surface area contributed by atoms with Crippen molar-refractivity contribution in [3.05, 3.63) is 81.6 Å². The van der Waals surface area contributed by atoms with Gasteiger partial charge < -0.3 is 19.2 Å². The fourth-order valence-corrected chi connectivity index (χ4v) is 6.15. The van der Waals surface area contributed by atoms with Crippen LogP contribution in [0, 0.1) is 5.92 Å². The minimum absolute atomic E-state index is 0.474. The highest BCUT2D eigenvalue weighted by molar-refractivity contribution is 5.61. The Morgan fingerprint density at radius 3 is 2.85 bits per heavy atom. The molecule has 4 aliphatic rings. The van der Waals surface area contributed by atoms with E-state index in [9.17, 15) is 0 Å². The van der Waals surface area contributed by atoms with Crippen molar-refractivity contribution in [1.82, 2.24) is 9.88 Å². The average molecular weight is 445 g/mol. The number of rotatable bonds is 5. The number of fused-ring (bicyclic) bond motifs is 6. The van der Waals surface area contributed by atoms with Crippen LogP contribution in [0.15, 0.2) is 53.5 Å². The van der Waals surface area contributed by atoms with E-state index in [4.69, 9.17) is 14.2 Å². The van der Waals surface area contributed by atoms with Crippen molar-refractivity contribution in [1.29, 1.82) is 0 Å². The van der Waals surface area contributed by atoms with E-state index in [2.05, 4.69) is 34.2 Å². The van der Waals surface area contributed by atoms with Crippen LogP contribution < -0.4 is 4.74 Å². The number of methoxy groups -OCH3 is 2. The third kappa shape index (κ3) is 3.59. The lowest BCUT2D eigenvalue weighted by Crippen LogP contribution is -2.50. The third-order valence-corrected chi connectivity index (χ3v) is 7.85. The van der Waals surface area contributed by atoms with E-state index in [1.165, 1.54) is 22.5 Å². The molecule has 1 aromatic carbocycles. The lowest BCUT2D eigenvalue weighted by atomic mass is 9.74. The van der Waals surface area contributed by atoms with Crippen LogP contribution in [0.5, 0.6) is 5.75 Å². The van der Waals surface area contributed by atoms with Crippen LogP contribution in [0.2, 0.25) is 0 Å². The minimum atomic E-state index is 0.474. The average Bonchev–Trinajstić information content (AvgIpc) is 3.23. The number of hydrogen-bond acceptors (Lipinski definition) is 4. The molecule has 1 aromatic heterocycles. The Hall–Kier alpha value is -2.92. The Labute approximate surface area is 195 Å². The van der Waals surface area contributed by atoms with Crippen molar-refractivity contribution in [3.8, 4) is 5.75 Å². The highest BCUT2D eigenvalue weighted by Crippen LogP contribution is 2.44. The number of ether oxygens (including phenoxy) is 3. The number of H-pyrrole nitrogens is 1. The Morgan fingerprint density at radius 1 is 1.06 bits per heavy atom. The lowest BCUT2D eigenvalue weighted by molar-refractivity contribution is 0.0866. The molecule has 1 N–H and O–H groups in total. The predicted molar refractivity (Wildman–Crippen MR) is 129 cm³/mol. The molecule has 2 aliphatic heterocycles. The van der Waals surface area contributed by atoms with Crippen LogP contribution in [0.1, 0.15) is 47.3 Å². The topological polar surface area (TPSA) is 46.7 Å². The van der Waals surface area contributed by atoms with E-state index in [0.717, 1.165) is 68.0 Å². The van der Waals surface area contributed by atoms with Crippen LogP contribution in [-0.2, 0) is 35.5 Å². The zero-order chi connectivity index (χ0) is 22.4. The van der Waals surface area contributed by atoms with Gasteiger partial charge in [-0.15, -0.1) is 0 Å². The van der Waals surface area contributed by atoms with Gasteiger partial charge in [0.2, 0.25) is 0 Å².